The van der Waals surface area contributed by atoms with Crippen LogP contribution in [0.25, 0.3) is 0 Å². The van der Waals surface area contributed by atoms with Crippen LogP contribution in [-0.2, 0) is 9.84 Å². The Kier molecular flexibility index (Phi) is 3.53. The van der Waals surface area contributed by atoms with Crippen molar-refractivity contribution >= 4 is 9.84 Å². The van der Waals surface area contributed by atoms with E-state index in [1.54, 1.807) is 6.20 Å². The Morgan fingerprint density at radius 2 is 2.35 bits per heavy atom. The minimum atomic E-state index is -3.08. The highest BCUT2D eigenvalue weighted by Gasteiger charge is 2.34. The van der Waals surface area contributed by atoms with Crippen LogP contribution in [0.1, 0.15) is 49.0 Å². The third-order valence-electron chi connectivity index (χ3n) is 3.23. The van der Waals surface area contributed by atoms with E-state index in [0.29, 0.717) is 24.6 Å². The standard InChI is InChI=1S/C11H18N2O3S/c1-8(6-12)9-7-13-11(16-9)10-4-2-3-5-17(10,14)15/h7-8,10H,2-6,12H2,1H3. The van der Waals surface area contributed by atoms with E-state index < -0.39 is 15.1 Å². The summed E-state index contributed by atoms with van der Waals surface area (Å²) in [7, 11) is -3.08. The lowest BCUT2D eigenvalue weighted by Crippen LogP contribution is -2.21. The lowest BCUT2D eigenvalue weighted by molar-refractivity contribution is 0.411. The van der Waals surface area contributed by atoms with Crippen LogP contribution in [0.15, 0.2) is 10.6 Å². The van der Waals surface area contributed by atoms with Crippen molar-refractivity contribution in [2.45, 2.75) is 37.4 Å². The average Bonchev–Trinajstić information content (AvgIpc) is 2.76. The van der Waals surface area contributed by atoms with Crippen molar-refractivity contribution in [1.82, 2.24) is 4.98 Å². The van der Waals surface area contributed by atoms with Gasteiger partial charge in [0, 0.05) is 12.5 Å². The van der Waals surface area contributed by atoms with Gasteiger partial charge in [-0.05, 0) is 12.8 Å². The van der Waals surface area contributed by atoms with Gasteiger partial charge in [0.25, 0.3) is 0 Å². The Bertz CT molecular complexity index is 481. The lowest BCUT2D eigenvalue weighted by Gasteiger charge is -2.19. The SMILES string of the molecule is CC(CN)c1cnc(C2CCCCS2(=O)=O)o1. The highest BCUT2D eigenvalue weighted by molar-refractivity contribution is 7.91. The molecule has 2 unspecified atom stereocenters. The Morgan fingerprint density at radius 1 is 1.59 bits per heavy atom. The van der Waals surface area contributed by atoms with Gasteiger partial charge in [-0.2, -0.15) is 0 Å². The maximum absolute atomic E-state index is 11.9. The van der Waals surface area contributed by atoms with Gasteiger partial charge in [0.1, 0.15) is 11.0 Å². The molecule has 0 amide bonds. The summed E-state index contributed by atoms with van der Waals surface area (Å²) in [4.78, 5) is 4.10. The molecule has 1 aliphatic rings. The predicted octanol–water partition coefficient (Wildman–Crippen LogP) is 1.38. The van der Waals surface area contributed by atoms with Crippen LogP contribution in [0, 0.1) is 0 Å². The summed E-state index contributed by atoms with van der Waals surface area (Å²) in [6.07, 6.45) is 3.86. The summed E-state index contributed by atoms with van der Waals surface area (Å²) in [6.45, 7) is 2.39. The second kappa shape index (κ2) is 4.78. The summed E-state index contributed by atoms with van der Waals surface area (Å²) < 4.78 is 29.4. The van der Waals surface area contributed by atoms with Gasteiger partial charge in [-0.1, -0.05) is 13.3 Å². The van der Waals surface area contributed by atoms with E-state index in [4.69, 9.17) is 10.2 Å². The van der Waals surface area contributed by atoms with E-state index in [2.05, 4.69) is 4.98 Å². The van der Waals surface area contributed by atoms with E-state index >= 15 is 0 Å². The first-order valence-corrected chi connectivity index (χ1v) is 7.63. The summed E-state index contributed by atoms with van der Waals surface area (Å²) in [5.41, 5.74) is 5.54. The normalized spacial score (nSPS) is 25.6. The molecule has 1 aromatic heterocycles. The number of aromatic nitrogens is 1. The van der Waals surface area contributed by atoms with Crippen LogP contribution in [0.2, 0.25) is 0 Å². The van der Waals surface area contributed by atoms with Gasteiger partial charge in [-0.15, -0.1) is 0 Å². The fourth-order valence-corrected chi connectivity index (χ4v) is 3.86. The number of oxazole rings is 1. The molecule has 0 spiro atoms. The number of rotatable bonds is 3. The van der Waals surface area contributed by atoms with E-state index in [9.17, 15) is 8.42 Å². The first-order valence-electron chi connectivity index (χ1n) is 5.92. The van der Waals surface area contributed by atoms with E-state index in [-0.39, 0.29) is 11.7 Å². The van der Waals surface area contributed by atoms with Gasteiger partial charge in [0.15, 0.2) is 9.84 Å². The quantitative estimate of drug-likeness (QED) is 0.885. The van der Waals surface area contributed by atoms with Crippen molar-refractivity contribution in [2.75, 3.05) is 12.3 Å². The molecule has 6 heteroatoms. The number of sulfone groups is 1. The van der Waals surface area contributed by atoms with Gasteiger partial charge in [0.05, 0.1) is 11.9 Å². The smallest absolute Gasteiger partial charge is 0.212 e. The van der Waals surface area contributed by atoms with Crippen LogP contribution in [0.5, 0.6) is 0 Å². The summed E-state index contributed by atoms with van der Waals surface area (Å²) in [5, 5.41) is -0.560. The number of nitrogens with two attached hydrogens (primary N) is 1. The van der Waals surface area contributed by atoms with Gasteiger partial charge in [0.2, 0.25) is 5.89 Å². The van der Waals surface area contributed by atoms with Crippen LogP contribution in [0.3, 0.4) is 0 Å². The number of hydrogen-bond acceptors (Lipinski definition) is 5. The molecule has 5 nitrogen and oxygen atoms in total. The number of hydrogen-bond donors (Lipinski definition) is 1. The van der Waals surface area contributed by atoms with Crippen molar-refractivity contribution in [1.29, 1.82) is 0 Å². The summed E-state index contributed by atoms with van der Waals surface area (Å²) in [5.74, 6) is 1.31. The highest BCUT2D eigenvalue weighted by atomic mass is 32.2. The zero-order valence-electron chi connectivity index (χ0n) is 9.93. The first kappa shape index (κ1) is 12.6. The molecule has 0 aromatic carbocycles. The molecule has 1 fully saturated rings. The Morgan fingerprint density at radius 3 is 3.00 bits per heavy atom. The van der Waals surface area contributed by atoms with E-state index in [0.717, 1.165) is 12.8 Å². The third kappa shape index (κ3) is 2.52. The Hall–Kier alpha value is -0.880. The second-order valence-electron chi connectivity index (χ2n) is 4.59. The molecule has 1 aliphatic heterocycles. The molecular weight excluding hydrogens is 240 g/mol. The van der Waals surface area contributed by atoms with Crippen molar-refractivity contribution in [3.63, 3.8) is 0 Å². The lowest BCUT2D eigenvalue weighted by atomic mass is 10.1. The fourth-order valence-electron chi connectivity index (χ4n) is 2.03. The van der Waals surface area contributed by atoms with Crippen LogP contribution >= 0.6 is 0 Å². The molecule has 2 atom stereocenters. The summed E-state index contributed by atoms with van der Waals surface area (Å²) >= 11 is 0. The summed E-state index contributed by atoms with van der Waals surface area (Å²) in [6, 6.07) is 0. The molecule has 2 heterocycles. The van der Waals surface area contributed by atoms with Gasteiger partial charge < -0.3 is 10.2 Å². The highest BCUT2D eigenvalue weighted by Crippen LogP contribution is 2.33. The maximum atomic E-state index is 11.9. The maximum Gasteiger partial charge on any atom is 0.212 e. The molecule has 1 aromatic rings. The second-order valence-corrected chi connectivity index (χ2v) is 6.89. The van der Waals surface area contributed by atoms with E-state index in [1.807, 2.05) is 6.92 Å². The molecule has 1 saturated heterocycles. The molecule has 96 valence electrons. The van der Waals surface area contributed by atoms with E-state index in [1.165, 1.54) is 0 Å². The molecule has 0 radical (unpaired) electrons. The van der Waals surface area contributed by atoms with Crippen molar-refractivity contribution in [3.05, 3.63) is 17.8 Å². The van der Waals surface area contributed by atoms with Gasteiger partial charge >= 0.3 is 0 Å². The Labute approximate surface area is 101 Å². The van der Waals surface area contributed by atoms with Gasteiger partial charge in [-0.25, -0.2) is 13.4 Å². The minimum absolute atomic E-state index is 0.0718. The minimum Gasteiger partial charge on any atom is -0.444 e. The van der Waals surface area contributed by atoms with Crippen molar-refractivity contribution in [2.24, 2.45) is 5.73 Å². The zero-order valence-corrected chi connectivity index (χ0v) is 10.7. The van der Waals surface area contributed by atoms with Crippen molar-refractivity contribution < 1.29 is 12.8 Å². The first-order chi connectivity index (χ1) is 8.04. The Balaban J connectivity index is 2.25. The van der Waals surface area contributed by atoms with Crippen LogP contribution in [0.4, 0.5) is 0 Å². The third-order valence-corrected chi connectivity index (χ3v) is 5.40. The number of nitrogens with zero attached hydrogens (tertiary/aromatic N) is 1. The molecular formula is C11H18N2O3S. The molecule has 0 saturated carbocycles. The monoisotopic (exact) mass is 258 g/mol. The predicted molar refractivity (Wildman–Crippen MR) is 64.4 cm³/mol. The van der Waals surface area contributed by atoms with Crippen LogP contribution < -0.4 is 5.73 Å². The molecule has 17 heavy (non-hydrogen) atoms. The topological polar surface area (TPSA) is 86.2 Å². The van der Waals surface area contributed by atoms with Crippen LogP contribution in [-0.4, -0.2) is 25.7 Å². The molecule has 0 bridgehead atoms. The fraction of sp³-hybridized carbons (Fsp3) is 0.727. The van der Waals surface area contributed by atoms with Crippen molar-refractivity contribution in [3.8, 4) is 0 Å². The molecule has 0 aliphatic carbocycles. The zero-order chi connectivity index (χ0) is 12.5. The average molecular weight is 258 g/mol. The van der Waals surface area contributed by atoms with Gasteiger partial charge in [-0.3, -0.25) is 0 Å². The largest absolute Gasteiger partial charge is 0.444 e. The molecule has 2 rings (SSSR count). The molecule has 2 N–H and O–H groups in total.